The van der Waals surface area contributed by atoms with Crippen molar-refractivity contribution < 1.29 is 8.83 Å². The summed E-state index contributed by atoms with van der Waals surface area (Å²) < 4.78 is 12.2. The Morgan fingerprint density at radius 1 is 0.194 bits per heavy atom. The summed E-state index contributed by atoms with van der Waals surface area (Å²) in [5, 5.41) is 12.8. The molecule has 0 atom stereocenters. The van der Waals surface area contributed by atoms with Crippen molar-refractivity contribution in [1.82, 2.24) is 0 Å². The molecule has 0 saturated heterocycles. The van der Waals surface area contributed by atoms with Crippen LogP contribution in [-0.4, -0.2) is 0 Å². The molecule has 2 heteroatoms. The molecule has 0 amide bonds. The fourth-order valence-corrected chi connectivity index (χ4v) is 23.4. The lowest BCUT2D eigenvalue weighted by atomic mass is 9.78. The fourth-order valence-electron chi connectivity index (χ4n) is 23.4. The minimum atomic E-state index is 0.0829. The average Bonchev–Trinajstić information content (AvgIpc) is 1.57. The maximum absolute atomic E-state index is 6.15. The molecule has 19 aromatic rings. The van der Waals surface area contributed by atoms with Crippen molar-refractivity contribution in [1.29, 1.82) is 0 Å². The van der Waals surface area contributed by atoms with Gasteiger partial charge in [0.1, 0.15) is 22.3 Å². The van der Waals surface area contributed by atoms with Crippen LogP contribution in [0, 0.1) is 0 Å². The minimum Gasteiger partial charge on any atom is -0.456 e. The van der Waals surface area contributed by atoms with Gasteiger partial charge in [-0.1, -0.05) is 476 Å². The summed E-state index contributed by atoms with van der Waals surface area (Å²) in [6.07, 6.45) is 0. The lowest BCUT2D eigenvalue weighted by Gasteiger charge is -2.25. The number of furan rings is 2. The number of rotatable bonds is 7. The monoisotopic (exact) mass is 1750 g/mol. The Morgan fingerprint density at radius 2 is 0.552 bits per heavy atom. The average molecular weight is 1750 g/mol. The van der Waals surface area contributed by atoms with Gasteiger partial charge in [-0.15, -0.1) is 0 Å². The van der Waals surface area contributed by atoms with Gasteiger partial charge in [0.15, 0.2) is 0 Å². The molecule has 24 rings (SSSR count). The van der Waals surface area contributed by atoms with Crippen LogP contribution in [0.4, 0.5) is 0 Å². The molecule has 0 unspecified atom stereocenters. The SMILES string of the molecule is CC(C)c1c2ccccc2cc2c1oc1ccccc12.CC(C)c1c2ccccc2cc2oc3ccccc3c12.CC(C)c1ccc2c(c1)C(C)(C)c1ccccc1-2.CC(C)c1cccc2c1-c1c(ccc3ccccc13)C2(C)C.CC(C)c1cccc2c1-c1ccccc1C2(C)C.CC(C)c1cccc2c1-c1ccccc1C2(C)C.CC(C)c1cccc2c1C(C)(C)c1ccccc1-2. The second-order valence-corrected chi connectivity index (χ2v) is 43.0. The molecule has 0 spiro atoms. The van der Waals surface area contributed by atoms with Crippen LogP contribution in [0.2, 0.25) is 0 Å². The van der Waals surface area contributed by atoms with Gasteiger partial charge in [-0.3, -0.25) is 0 Å². The number of hydrogen-bond donors (Lipinski definition) is 0. The van der Waals surface area contributed by atoms with E-state index >= 15 is 0 Å². The van der Waals surface area contributed by atoms with E-state index in [1.807, 2.05) is 24.3 Å². The Labute approximate surface area is 798 Å². The van der Waals surface area contributed by atoms with Crippen LogP contribution in [0.1, 0.15) is 302 Å². The van der Waals surface area contributed by atoms with Crippen molar-refractivity contribution in [2.24, 2.45) is 0 Å². The number of benzene rings is 17. The van der Waals surface area contributed by atoms with E-state index in [-0.39, 0.29) is 27.1 Å². The van der Waals surface area contributed by atoms with Crippen LogP contribution < -0.4 is 0 Å². The van der Waals surface area contributed by atoms with Crippen molar-refractivity contribution in [2.75, 3.05) is 0 Å². The first kappa shape index (κ1) is 91.6. The minimum absolute atomic E-state index is 0.0829. The van der Waals surface area contributed by atoms with Gasteiger partial charge in [-0.25, -0.2) is 0 Å². The third kappa shape index (κ3) is 15.8. The second-order valence-electron chi connectivity index (χ2n) is 43.0. The van der Waals surface area contributed by atoms with Gasteiger partial charge in [0.2, 0.25) is 0 Å². The summed E-state index contributed by atoms with van der Waals surface area (Å²) >= 11 is 0. The van der Waals surface area contributed by atoms with Crippen molar-refractivity contribution >= 4 is 76.2 Å². The van der Waals surface area contributed by atoms with E-state index in [0.29, 0.717) is 41.4 Å². The predicted octanol–water partition coefficient (Wildman–Crippen LogP) is 38.5. The van der Waals surface area contributed by atoms with Crippen molar-refractivity contribution in [3.05, 3.63) is 428 Å². The lowest BCUT2D eigenvalue weighted by molar-refractivity contribution is 0.642. The highest BCUT2D eigenvalue weighted by molar-refractivity contribution is 6.14. The summed E-state index contributed by atoms with van der Waals surface area (Å²) in [6.45, 7) is 55.2. The molecule has 17 aromatic carbocycles. The van der Waals surface area contributed by atoms with Gasteiger partial charge >= 0.3 is 0 Å². The molecule has 2 aromatic heterocycles. The fraction of sp³-hybridized carbons (Fsp3) is 0.273. The van der Waals surface area contributed by atoms with Gasteiger partial charge in [-0.05, 0) is 243 Å². The Hall–Kier alpha value is -12.9. The van der Waals surface area contributed by atoms with E-state index in [2.05, 4.69) is 476 Å². The third-order valence-corrected chi connectivity index (χ3v) is 30.3. The molecule has 0 N–H and O–H groups in total. The molecule has 5 aliphatic carbocycles. The standard InChI is InChI=1S/C22H22.2C19H16O.4C18H20/c1-14(2)16-10-7-11-18-20(16)21-17-9-6-5-8-15(17)12-13-19(21)22(18,3)4;1-12(2)18-14-8-4-3-7-13(14)11-16-15-9-5-6-10-17(15)20-19(16)18;1-12(2)18-14-8-4-3-7-13(14)11-17-19(18)15-9-5-6-10-16(15)20-17;1-12(2)13-9-7-10-15-14-8-5-6-11-16(14)18(3,4)17(13)15;2*1-12(2)13-9-7-11-16-17(13)14-8-5-6-10-15(14)18(16,3)4;1-12(2)13-9-10-15-14-7-5-6-8-16(14)18(3,4)17(15)11-13/h5-14H,1-4H3;2*3-12H,1-2H3;4*5-12H,1-4H3. The first-order valence-corrected chi connectivity index (χ1v) is 49.4. The first-order chi connectivity index (χ1) is 64.1. The smallest absolute Gasteiger partial charge is 0.139 e. The molecule has 134 heavy (non-hydrogen) atoms. The lowest BCUT2D eigenvalue weighted by Crippen LogP contribution is -2.17. The highest BCUT2D eigenvalue weighted by Gasteiger charge is 2.42. The quantitative estimate of drug-likeness (QED) is 0.159. The van der Waals surface area contributed by atoms with E-state index in [1.54, 1.807) is 0 Å². The molecule has 2 nitrogen and oxygen atoms in total. The molecule has 0 fully saturated rings. The van der Waals surface area contributed by atoms with Crippen LogP contribution in [0.5, 0.6) is 0 Å². The van der Waals surface area contributed by atoms with Gasteiger partial charge in [0.25, 0.3) is 0 Å². The second kappa shape index (κ2) is 35.8. The van der Waals surface area contributed by atoms with Crippen LogP contribution in [-0.2, 0) is 27.1 Å². The highest BCUT2D eigenvalue weighted by atomic mass is 16.3. The Bertz CT molecular complexity index is 7560. The van der Waals surface area contributed by atoms with Gasteiger partial charge < -0.3 is 8.83 Å². The summed E-state index contributed by atoms with van der Waals surface area (Å²) in [7, 11) is 0. The van der Waals surface area contributed by atoms with Crippen molar-refractivity contribution in [3.63, 3.8) is 0 Å². The van der Waals surface area contributed by atoms with Gasteiger partial charge in [-0.2, -0.15) is 0 Å². The molecule has 0 saturated carbocycles. The summed E-state index contributed by atoms with van der Waals surface area (Å²) in [4.78, 5) is 0. The highest BCUT2D eigenvalue weighted by Crippen LogP contribution is 2.58. The van der Waals surface area contributed by atoms with Crippen LogP contribution in [0.3, 0.4) is 0 Å². The maximum Gasteiger partial charge on any atom is 0.139 e. The molecule has 5 aliphatic rings. The van der Waals surface area contributed by atoms with E-state index in [9.17, 15) is 0 Å². The zero-order valence-electron chi connectivity index (χ0n) is 83.6. The third-order valence-electron chi connectivity index (χ3n) is 30.3. The maximum atomic E-state index is 6.15. The predicted molar refractivity (Wildman–Crippen MR) is 579 cm³/mol. The summed E-state index contributed by atoms with van der Waals surface area (Å²) in [6, 6.07) is 121. The van der Waals surface area contributed by atoms with E-state index in [1.165, 1.54) is 204 Å². The molecule has 0 radical (unpaired) electrons. The molecule has 0 bridgehead atoms. The topological polar surface area (TPSA) is 26.3 Å². The normalized spacial score (nSPS) is 14.4. The van der Waals surface area contributed by atoms with Crippen LogP contribution in [0.25, 0.3) is 132 Å². The largest absolute Gasteiger partial charge is 0.456 e. The van der Waals surface area contributed by atoms with E-state index in [4.69, 9.17) is 8.83 Å². The van der Waals surface area contributed by atoms with E-state index < -0.39 is 0 Å². The van der Waals surface area contributed by atoms with Crippen LogP contribution in [0.15, 0.2) is 342 Å². The molecule has 674 valence electrons. The van der Waals surface area contributed by atoms with Gasteiger partial charge in [0, 0.05) is 54.2 Å². The number of para-hydroxylation sites is 2. The number of hydrogen-bond acceptors (Lipinski definition) is 2. The molecule has 0 aliphatic heterocycles. The zero-order chi connectivity index (χ0) is 94.5. The van der Waals surface area contributed by atoms with Crippen molar-refractivity contribution in [3.8, 4) is 55.6 Å². The summed E-state index contributed by atoms with van der Waals surface area (Å²) in [5.74, 6) is 3.75. The Kier molecular flexibility index (Phi) is 24.5. The zero-order valence-corrected chi connectivity index (χ0v) is 83.6. The Morgan fingerprint density at radius 3 is 1.07 bits per heavy atom. The Balaban J connectivity index is 0.000000105. The first-order valence-electron chi connectivity index (χ1n) is 49.4. The summed E-state index contributed by atoms with van der Waals surface area (Å²) in [5.41, 5.74) is 43.9. The number of fused-ring (bicyclic) bond motifs is 25. The molecular formula is C132H134O2. The molecular weight excluding hydrogens is 1620 g/mol. The van der Waals surface area contributed by atoms with Crippen LogP contribution >= 0.6 is 0 Å². The molecule has 2 heterocycles. The van der Waals surface area contributed by atoms with Gasteiger partial charge in [0.05, 0.1) is 0 Å². The van der Waals surface area contributed by atoms with Crippen molar-refractivity contribution in [2.45, 2.75) is 235 Å². The van der Waals surface area contributed by atoms with E-state index in [0.717, 1.165) is 22.3 Å².